The number of hydrogen-bond acceptors (Lipinski definition) is 3. The first-order valence-corrected chi connectivity index (χ1v) is 7.48. The van der Waals surface area contributed by atoms with Gasteiger partial charge in [-0.1, -0.05) is 12.8 Å². The molecule has 1 aliphatic rings. The minimum atomic E-state index is -0.855. The van der Waals surface area contributed by atoms with Crippen molar-refractivity contribution in [1.82, 2.24) is 15.5 Å². The molecular formula is C14H25N3O4. The van der Waals surface area contributed by atoms with Gasteiger partial charge in [-0.15, -0.1) is 0 Å². The van der Waals surface area contributed by atoms with Gasteiger partial charge in [0.1, 0.15) is 6.54 Å². The number of urea groups is 1. The highest BCUT2D eigenvalue weighted by atomic mass is 16.4. The van der Waals surface area contributed by atoms with Crippen LogP contribution in [0.25, 0.3) is 0 Å². The van der Waals surface area contributed by atoms with E-state index in [1.54, 1.807) is 6.92 Å². The summed E-state index contributed by atoms with van der Waals surface area (Å²) in [5, 5.41) is 14.7. The van der Waals surface area contributed by atoms with E-state index in [9.17, 15) is 19.5 Å². The number of amides is 3. The predicted octanol–water partition coefficient (Wildman–Crippen LogP) is 0.799. The molecule has 0 aliphatic heterocycles. The van der Waals surface area contributed by atoms with E-state index in [0.717, 1.165) is 12.8 Å². The Balaban J connectivity index is 2.54. The summed E-state index contributed by atoms with van der Waals surface area (Å²) in [6.07, 6.45) is 2.92. The Kier molecular flexibility index (Phi) is 6.45. The molecule has 1 fully saturated rings. The summed E-state index contributed by atoms with van der Waals surface area (Å²) in [4.78, 5) is 36.4. The lowest BCUT2D eigenvalue weighted by atomic mass is 9.86. The van der Waals surface area contributed by atoms with Crippen LogP contribution in [0.15, 0.2) is 0 Å². The van der Waals surface area contributed by atoms with Gasteiger partial charge in [0.25, 0.3) is 0 Å². The van der Waals surface area contributed by atoms with E-state index in [4.69, 9.17) is 0 Å². The lowest BCUT2D eigenvalue weighted by molar-refractivity contribution is -0.148. The normalized spacial score (nSPS) is 16.3. The third kappa shape index (κ3) is 4.61. The quantitative estimate of drug-likeness (QED) is 0.647. The summed E-state index contributed by atoms with van der Waals surface area (Å²) in [6.45, 7) is 4.60. The van der Waals surface area contributed by atoms with Crippen molar-refractivity contribution >= 4 is 17.9 Å². The molecule has 7 nitrogen and oxygen atoms in total. The molecule has 0 aromatic heterocycles. The molecule has 3 amide bonds. The van der Waals surface area contributed by atoms with E-state index < -0.39 is 17.4 Å². The predicted molar refractivity (Wildman–Crippen MR) is 77.9 cm³/mol. The molecule has 0 saturated heterocycles. The number of carbonyl (C=O) groups excluding carboxylic acids is 2. The van der Waals surface area contributed by atoms with Gasteiger partial charge in [-0.25, -0.2) is 4.79 Å². The molecule has 0 atom stereocenters. The van der Waals surface area contributed by atoms with Crippen molar-refractivity contribution in [2.75, 3.05) is 26.2 Å². The van der Waals surface area contributed by atoms with Gasteiger partial charge in [0.2, 0.25) is 5.91 Å². The first kappa shape index (κ1) is 17.3. The van der Waals surface area contributed by atoms with Crippen molar-refractivity contribution in [3.8, 4) is 0 Å². The SMILES string of the molecule is CCNC(=O)CN(CC)C(=O)NCC1(C(=O)O)CCCC1. The van der Waals surface area contributed by atoms with E-state index in [1.807, 2.05) is 6.92 Å². The Morgan fingerprint density at radius 2 is 1.76 bits per heavy atom. The number of rotatable bonds is 7. The minimum Gasteiger partial charge on any atom is -0.481 e. The molecule has 0 spiro atoms. The van der Waals surface area contributed by atoms with Gasteiger partial charge in [0.05, 0.1) is 5.41 Å². The van der Waals surface area contributed by atoms with Gasteiger partial charge in [-0.2, -0.15) is 0 Å². The van der Waals surface area contributed by atoms with Crippen LogP contribution in [-0.2, 0) is 9.59 Å². The summed E-state index contributed by atoms with van der Waals surface area (Å²) < 4.78 is 0. The Labute approximate surface area is 125 Å². The molecule has 0 unspecified atom stereocenters. The summed E-state index contributed by atoms with van der Waals surface area (Å²) in [5.41, 5.74) is -0.846. The number of likely N-dealkylation sites (N-methyl/N-ethyl adjacent to an activating group) is 2. The third-order valence-electron chi connectivity index (χ3n) is 3.97. The van der Waals surface area contributed by atoms with Gasteiger partial charge < -0.3 is 20.6 Å². The number of hydrogen-bond donors (Lipinski definition) is 3. The smallest absolute Gasteiger partial charge is 0.317 e. The number of carboxylic acid groups (broad SMARTS) is 1. The van der Waals surface area contributed by atoms with Crippen molar-refractivity contribution < 1.29 is 19.5 Å². The lowest BCUT2D eigenvalue weighted by Gasteiger charge is -2.27. The fourth-order valence-corrected chi connectivity index (χ4v) is 2.63. The van der Waals surface area contributed by atoms with Crippen molar-refractivity contribution in [3.63, 3.8) is 0 Å². The average Bonchev–Trinajstić information content (AvgIpc) is 2.92. The largest absolute Gasteiger partial charge is 0.481 e. The fourth-order valence-electron chi connectivity index (χ4n) is 2.63. The van der Waals surface area contributed by atoms with Gasteiger partial charge in [-0.05, 0) is 26.7 Å². The molecule has 120 valence electrons. The van der Waals surface area contributed by atoms with Crippen LogP contribution in [0, 0.1) is 5.41 Å². The number of aliphatic carboxylic acids is 1. The first-order chi connectivity index (χ1) is 9.95. The molecule has 0 radical (unpaired) electrons. The minimum absolute atomic E-state index is 0.0176. The zero-order chi connectivity index (χ0) is 15.9. The molecule has 7 heteroatoms. The van der Waals surface area contributed by atoms with E-state index in [2.05, 4.69) is 10.6 Å². The Hall–Kier alpha value is -1.79. The molecule has 21 heavy (non-hydrogen) atoms. The maximum absolute atomic E-state index is 12.1. The Morgan fingerprint density at radius 1 is 1.14 bits per heavy atom. The molecule has 3 N–H and O–H groups in total. The number of nitrogens with one attached hydrogen (secondary N) is 2. The Bertz CT molecular complexity index is 392. The number of carboxylic acids is 1. The van der Waals surface area contributed by atoms with Crippen LogP contribution < -0.4 is 10.6 Å². The van der Waals surface area contributed by atoms with E-state index in [1.165, 1.54) is 4.90 Å². The van der Waals surface area contributed by atoms with Crippen molar-refractivity contribution in [2.24, 2.45) is 5.41 Å². The summed E-state index contributed by atoms with van der Waals surface area (Å²) >= 11 is 0. The second-order valence-corrected chi connectivity index (χ2v) is 5.42. The standard InChI is InChI=1S/C14H25N3O4/c1-3-15-11(18)9-17(4-2)13(21)16-10-14(12(19)20)7-5-6-8-14/h3-10H2,1-2H3,(H,15,18)(H,16,21)(H,19,20). The highest BCUT2D eigenvalue weighted by molar-refractivity contribution is 5.84. The summed E-state index contributed by atoms with van der Waals surface area (Å²) in [5.74, 6) is -1.07. The van der Waals surface area contributed by atoms with Crippen LogP contribution in [0.1, 0.15) is 39.5 Å². The number of carbonyl (C=O) groups is 3. The topological polar surface area (TPSA) is 98.7 Å². The average molecular weight is 299 g/mol. The van der Waals surface area contributed by atoms with E-state index in [-0.39, 0.29) is 19.0 Å². The summed E-state index contributed by atoms with van der Waals surface area (Å²) in [7, 11) is 0. The van der Waals surface area contributed by atoms with Gasteiger partial charge in [0.15, 0.2) is 0 Å². The maximum atomic E-state index is 12.1. The highest BCUT2D eigenvalue weighted by Crippen LogP contribution is 2.37. The molecule has 1 saturated carbocycles. The molecule has 0 bridgehead atoms. The molecule has 0 aromatic rings. The van der Waals surface area contributed by atoms with Crippen LogP contribution in [0.4, 0.5) is 4.79 Å². The second-order valence-electron chi connectivity index (χ2n) is 5.42. The lowest BCUT2D eigenvalue weighted by Crippen LogP contribution is -2.49. The second kappa shape index (κ2) is 7.85. The maximum Gasteiger partial charge on any atom is 0.317 e. The fraction of sp³-hybridized carbons (Fsp3) is 0.786. The van der Waals surface area contributed by atoms with Crippen LogP contribution in [0.2, 0.25) is 0 Å². The van der Waals surface area contributed by atoms with Crippen molar-refractivity contribution in [3.05, 3.63) is 0 Å². The molecule has 1 aliphatic carbocycles. The molecular weight excluding hydrogens is 274 g/mol. The molecule has 1 rings (SSSR count). The van der Waals surface area contributed by atoms with E-state index in [0.29, 0.717) is 25.9 Å². The first-order valence-electron chi connectivity index (χ1n) is 7.48. The highest BCUT2D eigenvalue weighted by Gasteiger charge is 2.41. The van der Waals surface area contributed by atoms with Crippen LogP contribution in [0.3, 0.4) is 0 Å². The third-order valence-corrected chi connectivity index (χ3v) is 3.97. The summed E-state index contributed by atoms with van der Waals surface area (Å²) in [6, 6.07) is -0.392. The zero-order valence-corrected chi connectivity index (χ0v) is 12.8. The van der Waals surface area contributed by atoms with Crippen molar-refractivity contribution in [1.29, 1.82) is 0 Å². The van der Waals surface area contributed by atoms with Crippen LogP contribution in [0.5, 0.6) is 0 Å². The monoisotopic (exact) mass is 299 g/mol. The molecule has 0 heterocycles. The van der Waals surface area contributed by atoms with Crippen molar-refractivity contribution in [2.45, 2.75) is 39.5 Å². The van der Waals surface area contributed by atoms with Gasteiger partial charge in [0, 0.05) is 19.6 Å². The zero-order valence-electron chi connectivity index (χ0n) is 12.8. The van der Waals surface area contributed by atoms with Gasteiger partial charge in [-0.3, -0.25) is 9.59 Å². The Morgan fingerprint density at radius 3 is 2.24 bits per heavy atom. The number of nitrogens with zero attached hydrogens (tertiary/aromatic N) is 1. The van der Waals surface area contributed by atoms with Crippen LogP contribution in [-0.4, -0.2) is 54.1 Å². The van der Waals surface area contributed by atoms with Crippen LogP contribution >= 0.6 is 0 Å². The van der Waals surface area contributed by atoms with Gasteiger partial charge >= 0.3 is 12.0 Å². The van der Waals surface area contributed by atoms with E-state index >= 15 is 0 Å². The molecule has 0 aromatic carbocycles.